The van der Waals surface area contributed by atoms with Gasteiger partial charge in [-0.2, -0.15) is 0 Å². The van der Waals surface area contributed by atoms with Gasteiger partial charge in [-0.05, 0) is 38.4 Å². The molecule has 0 saturated carbocycles. The molecule has 90 valence electrons. The average molecular weight is 214 g/mol. The Bertz CT molecular complexity index is 163. The van der Waals surface area contributed by atoms with Crippen molar-refractivity contribution in [1.29, 1.82) is 0 Å². The lowest BCUT2D eigenvalue weighted by Crippen LogP contribution is -2.49. The largest absolute Gasteiger partial charge is 0.396 e. The van der Waals surface area contributed by atoms with Crippen molar-refractivity contribution in [3.05, 3.63) is 0 Å². The quantitative estimate of drug-likeness (QED) is 0.719. The van der Waals surface area contributed by atoms with Crippen LogP contribution in [0.1, 0.15) is 33.1 Å². The van der Waals surface area contributed by atoms with E-state index < -0.39 is 0 Å². The van der Waals surface area contributed by atoms with Gasteiger partial charge in [-0.3, -0.25) is 4.90 Å². The minimum absolute atomic E-state index is 0.218. The van der Waals surface area contributed by atoms with Crippen molar-refractivity contribution in [2.75, 3.05) is 26.2 Å². The first kappa shape index (κ1) is 12.9. The predicted octanol–water partition coefficient (Wildman–Crippen LogP) is 1.06. The van der Waals surface area contributed by atoms with E-state index in [1.165, 1.54) is 32.4 Å². The third-order valence-electron chi connectivity index (χ3n) is 3.52. The summed E-state index contributed by atoms with van der Waals surface area (Å²) in [6.45, 7) is 7.64. The highest BCUT2D eigenvalue weighted by molar-refractivity contribution is 4.84. The molecule has 1 heterocycles. The molecule has 0 aromatic heterocycles. The molecule has 1 saturated heterocycles. The monoisotopic (exact) mass is 214 g/mol. The van der Waals surface area contributed by atoms with Crippen LogP contribution >= 0.6 is 0 Å². The fraction of sp³-hybridized carbons (Fsp3) is 1.00. The lowest BCUT2D eigenvalue weighted by molar-refractivity contribution is 0.0564. The smallest absolute Gasteiger partial charge is 0.0486 e. The van der Waals surface area contributed by atoms with Crippen LogP contribution in [-0.4, -0.2) is 42.3 Å². The van der Waals surface area contributed by atoms with E-state index in [1.807, 2.05) is 0 Å². The molecule has 0 radical (unpaired) electrons. The van der Waals surface area contributed by atoms with Crippen LogP contribution in [0.25, 0.3) is 0 Å². The van der Waals surface area contributed by atoms with Crippen LogP contribution in [0.3, 0.4) is 0 Å². The lowest BCUT2D eigenvalue weighted by atomic mass is 9.88. The topological polar surface area (TPSA) is 49.5 Å². The van der Waals surface area contributed by atoms with Gasteiger partial charge in [0.2, 0.25) is 0 Å². The Morgan fingerprint density at radius 3 is 2.20 bits per heavy atom. The predicted molar refractivity (Wildman–Crippen MR) is 63.7 cm³/mol. The Balaban J connectivity index is 2.62. The van der Waals surface area contributed by atoms with Crippen LogP contribution in [0.4, 0.5) is 0 Å². The van der Waals surface area contributed by atoms with Crippen LogP contribution in [0, 0.1) is 11.8 Å². The molecule has 0 aromatic carbocycles. The fourth-order valence-electron chi connectivity index (χ4n) is 2.80. The zero-order valence-electron chi connectivity index (χ0n) is 10.2. The molecule has 1 aliphatic rings. The van der Waals surface area contributed by atoms with E-state index in [0.717, 1.165) is 0 Å². The van der Waals surface area contributed by atoms with Gasteiger partial charge in [0.25, 0.3) is 0 Å². The van der Waals surface area contributed by atoms with E-state index in [-0.39, 0.29) is 12.5 Å². The Morgan fingerprint density at radius 2 is 1.80 bits per heavy atom. The SMILES string of the molecule is CC(C)[C@H]([C@H](CN)CO)N1CCCCC1. The summed E-state index contributed by atoms with van der Waals surface area (Å²) in [5, 5.41) is 9.37. The van der Waals surface area contributed by atoms with Gasteiger partial charge in [-0.25, -0.2) is 0 Å². The van der Waals surface area contributed by atoms with Gasteiger partial charge < -0.3 is 10.8 Å². The molecule has 0 aliphatic carbocycles. The first-order valence-corrected chi connectivity index (χ1v) is 6.25. The van der Waals surface area contributed by atoms with Crippen LogP contribution in [-0.2, 0) is 0 Å². The molecule has 0 bridgehead atoms. The first-order valence-electron chi connectivity index (χ1n) is 6.25. The third-order valence-corrected chi connectivity index (χ3v) is 3.52. The summed E-state index contributed by atoms with van der Waals surface area (Å²) in [6, 6.07) is 0.459. The van der Waals surface area contributed by atoms with Gasteiger partial charge in [0.1, 0.15) is 0 Å². The van der Waals surface area contributed by atoms with E-state index in [1.54, 1.807) is 0 Å². The Morgan fingerprint density at radius 1 is 1.20 bits per heavy atom. The fourth-order valence-corrected chi connectivity index (χ4v) is 2.80. The number of nitrogens with zero attached hydrogens (tertiary/aromatic N) is 1. The molecule has 0 spiro atoms. The summed E-state index contributed by atoms with van der Waals surface area (Å²) >= 11 is 0. The highest BCUT2D eigenvalue weighted by Gasteiger charge is 2.29. The molecule has 3 heteroatoms. The normalized spacial score (nSPS) is 23.0. The molecule has 1 aliphatic heterocycles. The summed E-state index contributed by atoms with van der Waals surface area (Å²) in [4.78, 5) is 2.53. The van der Waals surface area contributed by atoms with E-state index in [4.69, 9.17) is 5.73 Å². The average Bonchev–Trinajstić information content (AvgIpc) is 2.26. The van der Waals surface area contributed by atoms with Crippen molar-refractivity contribution in [1.82, 2.24) is 4.90 Å². The van der Waals surface area contributed by atoms with Gasteiger partial charge in [0.05, 0.1) is 0 Å². The summed E-state index contributed by atoms with van der Waals surface area (Å²) in [7, 11) is 0. The molecule has 3 nitrogen and oxygen atoms in total. The van der Waals surface area contributed by atoms with Gasteiger partial charge in [0.15, 0.2) is 0 Å². The number of aliphatic hydroxyl groups excluding tert-OH is 1. The molecular weight excluding hydrogens is 188 g/mol. The zero-order chi connectivity index (χ0) is 11.3. The van der Waals surface area contributed by atoms with Crippen molar-refractivity contribution in [3.8, 4) is 0 Å². The van der Waals surface area contributed by atoms with Crippen LogP contribution < -0.4 is 5.73 Å². The Hall–Kier alpha value is -0.120. The summed E-state index contributed by atoms with van der Waals surface area (Å²) in [6.07, 6.45) is 3.95. The van der Waals surface area contributed by atoms with E-state index in [9.17, 15) is 5.11 Å². The minimum atomic E-state index is 0.218. The van der Waals surface area contributed by atoms with Crippen molar-refractivity contribution < 1.29 is 5.11 Å². The maximum atomic E-state index is 9.37. The maximum Gasteiger partial charge on any atom is 0.0486 e. The number of likely N-dealkylation sites (tertiary alicyclic amines) is 1. The summed E-state index contributed by atoms with van der Waals surface area (Å²) in [5.74, 6) is 0.812. The molecule has 1 rings (SSSR count). The van der Waals surface area contributed by atoms with E-state index >= 15 is 0 Å². The van der Waals surface area contributed by atoms with Crippen molar-refractivity contribution in [2.24, 2.45) is 17.6 Å². The first-order chi connectivity index (χ1) is 7.20. The van der Waals surface area contributed by atoms with Gasteiger partial charge in [0, 0.05) is 18.6 Å². The summed E-state index contributed by atoms with van der Waals surface area (Å²) < 4.78 is 0. The number of nitrogens with two attached hydrogens (primary N) is 1. The number of hydrogen-bond acceptors (Lipinski definition) is 3. The van der Waals surface area contributed by atoms with Gasteiger partial charge in [-0.15, -0.1) is 0 Å². The van der Waals surface area contributed by atoms with E-state index in [2.05, 4.69) is 18.7 Å². The molecule has 15 heavy (non-hydrogen) atoms. The number of hydrogen-bond donors (Lipinski definition) is 2. The molecule has 0 unspecified atom stereocenters. The highest BCUT2D eigenvalue weighted by Crippen LogP contribution is 2.23. The van der Waals surface area contributed by atoms with Crippen LogP contribution in [0.5, 0.6) is 0 Å². The molecule has 0 amide bonds. The Labute approximate surface area is 93.6 Å². The molecule has 3 N–H and O–H groups in total. The standard InChI is InChI=1S/C12H26N2O/c1-10(2)12(11(8-13)9-15)14-6-4-3-5-7-14/h10-12,15H,3-9,13H2,1-2H3/t11-,12-/m1/s1. The van der Waals surface area contributed by atoms with E-state index in [0.29, 0.717) is 18.5 Å². The van der Waals surface area contributed by atoms with Crippen molar-refractivity contribution >= 4 is 0 Å². The van der Waals surface area contributed by atoms with Crippen molar-refractivity contribution in [2.45, 2.75) is 39.2 Å². The maximum absolute atomic E-state index is 9.37. The molecular formula is C12H26N2O. The van der Waals surface area contributed by atoms with Crippen molar-refractivity contribution in [3.63, 3.8) is 0 Å². The van der Waals surface area contributed by atoms with Gasteiger partial charge >= 0.3 is 0 Å². The molecule has 2 atom stereocenters. The second-order valence-electron chi connectivity index (χ2n) is 5.01. The second kappa shape index (κ2) is 6.46. The molecule has 0 aromatic rings. The van der Waals surface area contributed by atoms with Gasteiger partial charge in [-0.1, -0.05) is 20.3 Å². The molecule has 1 fully saturated rings. The minimum Gasteiger partial charge on any atom is -0.396 e. The van der Waals surface area contributed by atoms with Crippen LogP contribution in [0.15, 0.2) is 0 Å². The zero-order valence-corrected chi connectivity index (χ0v) is 10.2. The Kier molecular flexibility index (Phi) is 5.58. The third kappa shape index (κ3) is 3.44. The number of aliphatic hydroxyl groups is 1. The second-order valence-corrected chi connectivity index (χ2v) is 5.01. The van der Waals surface area contributed by atoms with Crippen LogP contribution in [0.2, 0.25) is 0 Å². The highest BCUT2D eigenvalue weighted by atomic mass is 16.3. The number of piperidine rings is 1. The summed E-state index contributed by atoms with van der Waals surface area (Å²) in [5.41, 5.74) is 5.74. The number of rotatable bonds is 5. The lowest BCUT2D eigenvalue weighted by Gasteiger charge is -2.40.